The zero-order valence-electron chi connectivity index (χ0n) is 12.6. The monoisotopic (exact) mass is 295 g/mol. The van der Waals surface area contributed by atoms with E-state index in [1.165, 1.54) is 19.3 Å². The third-order valence-corrected chi connectivity index (χ3v) is 5.69. The summed E-state index contributed by atoms with van der Waals surface area (Å²) in [4.78, 5) is 12.4. The van der Waals surface area contributed by atoms with Crippen molar-refractivity contribution in [3.63, 3.8) is 0 Å². The van der Waals surface area contributed by atoms with Crippen LogP contribution in [0.1, 0.15) is 44.1 Å². The zero-order valence-corrected chi connectivity index (χ0v) is 12.6. The summed E-state index contributed by atoms with van der Waals surface area (Å²) in [5.74, 6) is 2.46. The van der Waals surface area contributed by atoms with Gasteiger partial charge < -0.3 is 10.6 Å². The van der Waals surface area contributed by atoms with Crippen molar-refractivity contribution in [2.45, 2.75) is 44.1 Å². The standard InChI is InChI=1S/C18H21N3O/c19-11-12-1-3-16(4-2-12)20-17(22)21-18-8-13-5-14(9-18)7-15(6-13)10-18/h1-4,13-15H,5-10H2,(H2,20,21,22). The molecular weight excluding hydrogens is 274 g/mol. The van der Waals surface area contributed by atoms with Crippen molar-refractivity contribution in [1.82, 2.24) is 5.32 Å². The second-order valence-corrected chi connectivity index (χ2v) is 7.47. The molecule has 0 radical (unpaired) electrons. The van der Waals surface area contributed by atoms with E-state index in [0.717, 1.165) is 42.7 Å². The van der Waals surface area contributed by atoms with Crippen molar-refractivity contribution >= 4 is 11.7 Å². The smallest absolute Gasteiger partial charge is 0.319 e. The van der Waals surface area contributed by atoms with Gasteiger partial charge in [0, 0.05) is 11.2 Å². The third-order valence-electron chi connectivity index (χ3n) is 5.69. The molecule has 4 nitrogen and oxygen atoms in total. The van der Waals surface area contributed by atoms with E-state index in [9.17, 15) is 4.79 Å². The van der Waals surface area contributed by atoms with Crippen LogP contribution in [0.4, 0.5) is 10.5 Å². The lowest BCUT2D eigenvalue weighted by atomic mass is 9.53. The summed E-state index contributed by atoms with van der Waals surface area (Å²) in [5, 5.41) is 15.0. The quantitative estimate of drug-likeness (QED) is 0.874. The summed E-state index contributed by atoms with van der Waals surface area (Å²) in [7, 11) is 0. The molecule has 0 unspecified atom stereocenters. The van der Waals surface area contributed by atoms with E-state index in [4.69, 9.17) is 5.26 Å². The first-order valence-corrected chi connectivity index (χ1v) is 8.23. The first-order chi connectivity index (χ1) is 10.6. The summed E-state index contributed by atoms with van der Waals surface area (Å²) in [6, 6.07) is 8.97. The van der Waals surface area contributed by atoms with Crippen LogP contribution in [0.2, 0.25) is 0 Å². The molecule has 5 rings (SSSR count). The number of benzene rings is 1. The van der Waals surface area contributed by atoms with Gasteiger partial charge >= 0.3 is 6.03 Å². The Bertz CT molecular complexity index is 593. The Hall–Kier alpha value is -2.02. The van der Waals surface area contributed by atoms with Crippen LogP contribution in [-0.2, 0) is 0 Å². The summed E-state index contributed by atoms with van der Waals surface area (Å²) in [6.45, 7) is 0. The molecule has 2 amide bonds. The molecule has 0 saturated heterocycles. The Morgan fingerprint density at radius 1 is 1.05 bits per heavy atom. The van der Waals surface area contributed by atoms with Gasteiger partial charge in [-0.3, -0.25) is 0 Å². The number of carbonyl (C=O) groups is 1. The molecule has 4 aliphatic carbocycles. The molecule has 1 aromatic carbocycles. The van der Waals surface area contributed by atoms with Gasteiger partial charge in [-0.15, -0.1) is 0 Å². The average molecular weight is 295 g/mol. The van der Waals surface area contributed by atoms with Gasteiger partial charge in [-0.05, 0) is 80.5 Å². The predicted octanol–water partition coefficient (Wildman–Crippen LogP) is 3.65. The molecule has 4 aliphatic rings. The van der Waals surface area contributed by atoms with Crippen molar-refractivity contribution < 1.29 is 4.79 Å². The normalized spacial score (nSPS) is 35.0. The highest BCUT2D eigenvalue weighted by atomic mass is 16.2. The molecule has 0 heterocycles. The SMILES string of the molecule is N#Cc1ccc(NC(=O)NC23CC4CC(CC(C4)C2)C3)cc1. The predicted molar refractivity (Wildman–Crippen MR) is 84.2 cm³/mol. The fraction of sp³-hybridized carbons (Fsp3) is 0.556. The largest absolute Gasteiger partial charge is 0.332 e. The van der Waals surface area contributed by atoms with Crippen LogP contribution in [0.25, 0.3) is 0 Å². The van der Waals surface area contributed by atoms with E-state index in [0.29, 0.717) is 5.56 Å². The second-order valence-electron chi connectivity index (χ2n) is 7.47. The van der Waals surface area contributed by atoms with Crippen molar-refractivity contribution in [3.05, 3.63) is 29.8 Å². The van der Waals surface area contributed by atoms with Crippen LogP contribution in [0, 0.1) is 29.1 Å². The molecule has 4 bridgehead atoms. The number of urea groups is 1. The molecule has 0 aromatic heterocycles. The maximum Gasteiger partial charge on any atom is 0.319 e. The second kappa shape index (κ2) is 5.01. The molecule has 2 N–H and O–H groups in total. The van der Waals surface area contributed by atoms with Gasteiger partial charge in [0.1, 0.15) is 0 Å². The van der Waals surface area contributed by atoms with Crippen LogP contribution in [0.3, 0.4) is 0 Å². The van der Waals surface area contributed by atoms with Crippen LogP contribution in [-0.4, -0.2) is 11.6 Å². The van der Waals surface area contributed by atoms with Gasteiger partial charge in [0.05, 0.1) is 11.6 Å². The van der Waals surface area contributed by atoms with Crippen LogP contribution in [0.5, 0.6) is 0 Å². The van der Waals surface area contributed by atoms with Gasteiger partial charge in [-0.25, -0.2) is 4.79 Å². The van der Waals surface area contributed by atoms with Gasteiger partial charge in [0.25, 0.3) is 0 Å². The number of rotatable bonds is 2. The average Bonchev–Trinajstić information content (AvgIpc) is 2.45. The highest BCUT2D eigenvalue weighted by Crippen LogP contribution is 2.55. The minimum atomic E-state index is -0.105. The summed E-state index contributed by atoms with van der Waals surface area (Å²) in [6.07, 6.45) is 7.58. The number of hydrogen-bond acceptors (Lipinski definition) is 2. The van der Waals surface area contributed by atoms with Gasteiger partial charge in [-0.1, -0.05) is 0 Å². The van der Waals surface area contributed by atoms with E-state index in [-0.39, 0.29) is 11.6 Å². The molecular formula is C18H21N3O. The third kappa shape index (κ3) is 2.45. The van der Waals surface area contributed by atoms with E-state index < -0.39 is 0 Å². The van der Waals surface area contributed by atoms with E-state index in [2.05, 4.69) is 16.7 Å². The van der Waals surface area contributed by atoms with E-state index >= 15 is 0 Å². The minimum absolute atomic E-state index is 0.0332. The fourth-order valence-electron chi connectivity index (χ4n) is 5.30. The van der Waals surface area contributed by atoms with Gasteiger partial charge in [0.15, 0.2) is 0 Å². The number of amides is 2. The lowest BCUT2D eigenvalue weighted by Gasteiger charge is -2.56. The molecule has 1 aromatic rings. The summed E-state index contributed by atoms with van der Waals surface area (Å²) < 4.78 is 0. The molecule has 4 heteroatoms. The Morgan fingerprint density at radius 2 is 1.59 bits per heavy atom. The molecule has 4 fully saturated rings. The van der Waals surface area contributed by atoms with Crippen LogP contribution in [0.15, 0.2) is 24.3 Å². The van der Waals surface area contributed by atoms with Gasteiger partial charge in [0.2, 0.25) is 0 Å². The Morgan fingerprint density at radius 3 is 2.09 bits per heavy atom. The number of nitrogens with one attached hydrogen (secondary N) is 2. The van der Waals surface area contributed by atoms with Crippen LogP contribution < -0.4 is 10.6 Å². The summed E-state index contributed by atoms with van der Waals surface area (Å²) >= 11 is 0. The maximum atomic E-state index is 12.4. The molecule has 0 aliphatic heterocycles. The van der Waals surface area contributed by atoms with Crippen molar-refractivity contribution in [3.8, 4) is 6.07 Å². The van der Waals surface area contributed by atoms with Crippen molar-refractivity contribution in [2.24, 2.45) is 17.8 Å². The fourth-order valence-corrected chi connectivity index (χ4v) is 5.30. The van der Waals surface area contributed by atoms with Crippen molar-refractivity contribution in [2.75, 3.05) is 5.32 Å². The lowest BCUT2D eigenvalue weighted by Crippen LogP contribution is -2.60. The molecule has 0 atom stereocenters. The first-order valence-electron chi connectivity index (χ1n) is 8.23. The Kier molecular flexibility index (Phi) is 3.11. The topological polar surface area (TPSA) is 64.9 Å². The van der Waals surface area contributed by atoms with E-state index in [1.807, 2.05) is 0 Å². The number of nitriles is 1. The van der Waals surface area contributed by atoms with Crippen LogP contribution >= 0.6 is 0 Å². The number of nitrogens with zero attached hydrogens (tertiary/aromatic N) is 1. The molecule has 114 valence electrons. The molecule has 22 heavy (non-hydrogen) atoms. The molecule has 0 spiro atoms. The maximum absolute atomic E-state index is 12.4. The Labute approximate surface area is 130 Å². The van der Waals surface area contributed by atoms with Gasteiger partial charge in [-0.2, -0.15) is 5.26 Å². The van der Waals surface area contributed by atoms with E-state index in [1.54, 1.807) is 24.3 Å². The first kappa shape index (κ1) is 13.6. The highest BCUT2D eigenvalue weighted by Gasteiger charge is 2.51. The minimum Gasteiger partial charge on any atom is -0.332 e. The number of anilines is 1. The summed E-state index contributed by atoms with van der Waals surface area (Å²) in [5.41, 5.74) is 1.37. The zero-order chi connectivity index (χ0) is 15.2. The lowest BCUT2D eigenvalue weighted by molar-refractivity contribution is -0.0127. The molecule has 4 saturated carbocycles. The Balaban J connectivity index is 1.42. The number of carbonyl (C=O) groups excluding carboxylic acids is 1. The highest BCUT2D eigenvalue weighted by molar-refractivity contribution is 5.89. The van der Waals surface area contributed by atoms with Crippen molar-refractivity contribution in [1.29, 1.82) is 5.26 Å². The number of hydrogen-bond donors (Lipinski definition) is 2.